The van der Waals surface area contributed by atoms with E-state index in [-0.39, 0.29) is 17.8 Å². The van der Waals surface area contributed by atoms with Gasteiger partial charge < -0.3 is 15.2 Å². The number of rotatable bonds is 2. The lowest BCUT2D eigenvalue weighted by molar-refractivity contribution is -0.124. The lowest BCUT2D eigenvalue weighted by Crippen LogP contribution is -2.26. The zero-order valence-corrected chi connectivity index (χ0v) is 10.4. The highest BCUT2D eigenvalue weighted by Gasteiger charge is 2.23. The predicted octanol–water partition coefficient (Wildman–Crippen LogP) is 2.66. The standard InChI is InChI=1S/C15H15NO3/c17-13-8-7-12(10-4-1-2-5-11(10)13)16-15(18)14-6-3-9-19-14/h1-2,4-5,7-8,14,17H,3,6,9H2,(H,16,18). The van der Waals surface area contributed by atoms with E-state index in [0.29, 0.717) is 12.3 Å². The van der Waals surface area contributed by atoms with E-state index >= 15 is 0 Å². The van der Waals surface area contributed by atoms with Gasteiger partial charge in [-0.1, -0.05) is 24.3 Å². The van der Waals surface area contributed by atoms with Crippen LogP contribution in [0.25, 0.3) is 10.8 Å². The van der Waals surface area contributed by atoms with Crippen LogP contribution < -0.4 is 5.32 Å². The molecule has 98 valence electrons. The van der Waals surface area contributed by atoms with Crippen LogP contribution in [-0.4, -0.2) is 23.7 Å². The van der Waals surface area contributed by atoms with Gasteiger partial charge >= 0.3 is 0 Å². The SMILES string of the molecule is O=C(Nc1ccc(O)c2ccccc12)C1CCCO1. The second kappa shape index (κ2) is 4.90. The molecule has 1 aliphatic heterocycles. The van der Waals surface area contributed by atoms with Crippen LogP contribution in [0, 0.1) is 0 Å². The molecule has 3 rings (SSSR count). The van der Waals surface area contributed by atoms with Gasteiger partial charge in [-0.05, 0) is 25.0 Å². The number of benzene rings is 2. The summed E-state index contributed by atoms with van der Waals surface area (Å²) < 4.78 is 5.36. The number of aromatic hydroxyl groups is 1. The molecule has 2 aromatic carbocycles. The molecule has 19 heavy (non-hydrogen) atoms. The Morgan fingerprint density at radius 2 is 2.00 bits per heavy atom. The molecule has 0 saturated carbocycles. The van der Waals surface area contributed by atoms with Crippen LogP contribution in [0.1, 0.15) is 12.8 Å². The third-order valence-electron chi connectivity index (χ3n) is 3.38. The van der Waals surface area contributed by atoms with Crippen molar-refractivity contribution >= 4 is 22.4 Å². The van der Waals surface area contributed by atoms with Gasteiger partial charge in [0.1, 0.15) is 11.9 Å². The fourth-order valence-electron chi connectivity index (χ4n) is 2.39. The van der Waals surface area contributed by atoms with E-state index in [2.05, 4.69) is 5.32 Å². The highest BCUT2D eigenvalue weighted by molar-refractivity contribution is 6.05. The maximum absolute atomic E-state index is 12.0. The van der Waals surface area contributed by atoms with Gasteiger partial charge in [0.15, 0.2) is 0 Å². The predicted molar refractivity (Wildman–Crippen MR) is 73.2 cm³/mol. The van der Waals surface area contributed by atoms with E-state index in [9.17, 15) is 9.90 Å². The maximum atomic E-state index is 12.0. The molecule has 0 radical (unpaired) electrons. The molecule has 1 unspecified atom stereocenters. The Labute approximate surface area is 111 Å². The summed E-state index contributed by atoms with van der Waals surface area (Å²) in [5, 5.41) is 14.2. The molecule has 1 aliphatic rings. The van der Waals surface area contributed by atoms with E-state index in [1.807, 2.05) is 24.3 Å². The number of phenols is 1. The lowest BCUT2D eigenvalue weighted by atomic mass is 10.1. The van der Waals surface area contributed by atoms with Crippen molar-refractivity contribution < 1.29 is 14.6 Å². The number of fused-ring (bicyclic) bond motifs is 1. The molecule has 2 aromatic rings. The number of anilines is 1. The quantitative estimate of drug-likeness (QED) is 0.813. The van der Waals surface area contributed by atoms with Crippen LogP contribution >= 0.6 is 0 Å². The maximum Gasteiger partial charge on any atom is 0.253 e. The summed E-state index contributed by atoms with van der Waals surface area (Å²) in [6.45, 7) is 0.647. The first-order chi connectivity index (χ1) is 9.25. The summed E-state index contributed by atoms with van der Waals surface area (Å²) in [6, 6.07) is 10.7. The first kappa shape index (κ1) is 12.0. The Bertz CT molecular complexity index is 618. The molecule has 2 N–H and O–H groups in total. The van der Waals surface area contributed by atoms with Crippen molar-refractivity contribution in [3.05, 3.63) is 36.4 Å². The molecule has 1 amide bonds. The molecule has 1 atom stereocenters. The Morgan fingerprint density at radius 3 is 2.74 bits per heavy atom. The highest BCUT2D eigenvalue weighted by atomic mass is 16.5. The van der Waals surface area contributed by atoms with Crippen LogP contribution in [0.5, 0.6) is 5.75 Å². The molecule has 0 aliphatic carbocycles. The summed E-state index contributed by atoms with van der Waals surface area (Å²) in [7, 11) is 0. The largest absolute Gasteiger partial charge is 0.507 e. The normalized spacial score (nSPS) is 18.6. The second-order valence-corrected chi connectivity index (χ2v) is 4.67. The Kier molecular flexibility index (Phi) is 3.09. The van der Waals surface area contributed by atoms with Gasteiger partial charge in [0.25, 0.3) is 5.91 Å². The number of hydrogen-bond donors (Lipinski definition) is 2. The molecular weight excluding hydrogens is 242 g/mol. The Morgan fingerprint density at radius 1 is 1.21 bits per heavy atom. The van der Waals surface area contributed by atoms with Crippen LogP contribution in [0.4, 0.5) is 5.69 Å². The van der Waals surface area contributed by atoms with Crippen molar-refractivity contribution in [2.75, 3.05) is 11.9 Å². The number of ether oxygens (including phenoxy) is 1. The Balaban J connectivity index is 1.92. The smallest absolute Gasteiger partial charge is 0.253 e. The van der Waals surface area contributed by atoms with Gasteiger partial charge in [-0.3, -0.25) is 4.79 Å². The van der Waals surface area contributed by atoms with Crippen molar-refractivity contribution in [2.45, 2.75) is 18.9 Å². The number of carbonyl (C=O) groups is 1. The zero-order chi connectivity index (χ0) is 13.2. The van der Waals surface area contributed by atoms with Gasteiger partial charge in [-0.15, -0.1) is 0 Å². The summed E-state index contributed by atoms with van der Waals surface area (Å²) >= 11 is 0. The summed E-state index contributed by atoms with van der Waals surface area (Å²) in [4.78, 5) is 12.0. The summed E-state index contributed by atoms with van der Waals surface area (Å²) in [5.41, 5.74) is 0.703. The second-order valence-electron chi connectivity index (χ2n) is 4.67. The van der Waals surface area contributed by atoms with Crippen LogP contribution in [0.2, 0.25) is 0 Å². The minimum Gasteiger partial charge on any atom is -0.507 e. The number of amides is 1. The number of hydrogen-bond acceptors (Lipinski definition) is 3. The van der Waals surface area contributed by atoms with Crippen molar-refractivity contribution in [2.24, 2.45) is 0 Å². The average molecular weight is 257 g/mol. The van der Waals surface area contributed by atoms with E-state index in [1.165, 1.54) is 0 Å². The molecule has 4 heteroatoms. The molecule has 0 spiro atoms. The number of carbonyl (C=O) groups excluding carboxylic acids is 1. The Hall–Kier alpha value is -2.07. The number of nitrogens with one attached hydrogen (secondary N) is 1. The van der Waals surface area contributed by atoms with E-state index in [1.54, 1.807) is 12.1 Å². The highest BCUT2D eigenvalue weighted by Crippen LogP contribution is 2.30. The number of phenolic OH excluding ortho intramolecular Hbond substituents is 1. The molecule has 1 heterocycles. The molecular formula is C15H15NO3. The topological polar surface area (TPSA) is 58.6 Å². The van der Waals surface area contributed by atoms with Gasteiger partial charge in [-0.25, -0.2) is 0 Å². The molecule has 1 fully saturated rings. The monoisotopic (exact) mass is 257 g/mol. The van der Waals surface area contributed by atoms with Crippen molar-refractivity contribution in [3.63, 3.8) is 0 Å². The lowest BCUT2D eigenvalue weighted by Gasteiger charge is -2.13. The third kappa shape index (κ3) is 2.27. The van der Waals surface area contributed by atoms with Crippen molar-refractivity contribution in [3.8, 4) is 5.75 Å². The van der Waals surface area contributed by atoms with E-state index < -0.39 is 0 Å². The first-order valence-corrected chi connectivity index (χ1v) is 6.39. The zero-order valence-electron chi connectivity index (χ0n) is 10.4. The molecule has 1 saturated heterocycles. The minimum atomic E-state index is -0.354. The molecule has 4 nitrogen and oxygen atoms in total. The van der Waals surface area contributed by atoms with E-state index in [0.717, 1.165) is 23.6 Å². The van der Waals surface area contributed by atoms with Gasteiger partial charge in [0.05, 0.1) is 0 Å². The average Bonchev–Trinajstić information content (AvgIpc) is 2.96. The van der Waals surface area contributed by atoms with Gasteiger partial charge in [0, 0.05) is 23.1 Å². The van der Waals surface area contributed by atoms with Crippen LogP contribution in [-0.2, 0) is 9.53 Å². The third-order valence-corrected chi connectivity index (χ3v) is 3.38. The van der Waals surface area contributed by atoms with Crippen molar-refractivity contribution in [1.29, 1.82) is 0 Å². The summed E-state index contributed by atoms with van der Waals surface area (Å²) in [5.74, 6) is 0.0964. The van der Waals surface area contributed by atoms with E-state index in [4.69, 9.17) is 4.74 Å². The molecule has 0 aromatic heterocycles. The fourth-order valence-corrected chi connectivity index (χ4v) is 2.39. The molecule has 0 bridgehead atoms. The van der Waals surface area contributed by atoms with Crippen LogP contribution in [0.15, 0.2) is 36.4 Å². The van der Waals surface area contributed by atoms with Gasteiger partial charge in [-0.2, -0.15) is 0 Å². The summed E-state index contributed by atoms with van der Waals surface area (Å²) in [6.07, 6.45) is 1.34. The van der Waals surface area contributed by atoms with Crippen molar-refractivity contribution in [1.82, 2.24) is 0 Å². The first-order valence-electron chi connectivity index (χ1n) is 6.39. The van der Waals surface area contributed by atoms with Gasteiger partial charge in [0.2, 0.25) is 0 Å². The van der Waals surface area contributed by atoms with Crippen LogP contribution in [0.3, 0.4) is 0 Å². The minimum absolute atomic E-state index is 0.117. The fraction of sp³-hybridized carbons (Fsp3) is 0.267.